The van der Waals surface area contributed by atoms with Gasteiger partial charge in [-0.05, 0) is 26.7 Å². The number of nitro groups is 1. The van der Waals surface area contributed by atoms with Crippen LogP contribution in [0.3, 0.4) is 0 Å². The predicted molar refractivity (Wildman–Crippen MR) is 63.9 cm³/mol. The zero-order valence-corrected chi connectivity index (χ0v) is 11.0. The highest BCUT2D eigenvalue weighted by atomic mass is 16.6. The SMILES string of the molecule is COC(=O)C(C)(C)n1cc([N+](=O)[O-])c(OC2CC2)n1. The average Bonchev–Trinajstić information content (AvgIpc) is 3.04. The standard InChI is InChI=1S/C11H15N3O5/c1-11(2,10(15)18-3)13-6-8(14(16)17)9(12-13)19-7-4-5-7/h6-7H,4-5H2,1-3H3. The number of aromatic nitrogens is 2. The summed E-state index contributed by atoms with van der Waals surface area (Å²) < 4.78 is 11.2. The molecule has 1 heterocycles. The molecule has 0 N–H and O–H groups in total. The van der Waals surface area contributed by atoms with Crippen LogP contribution >= 0.6 is 0 Å². The van der Waals surface area contributed by atoms with Crippen LogP contribution in [0.1, 0.15) is 26.7 Å². The molecule has 0 unspecified atom stereocenters. The molecule has 0 amide bonds. The molecule has 8 nitrogen and oxygen atoms in total. The molecular weight excluding hydrogens is 254 g/mol. The first-order valence-electron chi connectivity index (χ1n) is 5.86. The molecule has 1 fully saturated rings. The fraction of sp³-hybridized carbons (Fsp3) is 0.636. The van der Waals surface area contributed by atoms with Gasteiger partial charge in [0, 0.05) is 0 Å². The summed E-state index contributed by atoms with van der Waals surface area (Å²) in [4.78, 5) is 22.0. The Hall–Kier alpha value is -2.12. The van der Waals surface area contributed by atoms with Crippen molar-refractivity contribution in [3.05, 3.63) is 16.3 Å². The van der Waals surface area contributed by atoms with E-state index in [1.54, 1.807) is 13.8 Å². The number of esters is 1. The molecule has 1 aromatic rings. The summed E-state index contributed by atoms with van der Waals surface area (Å²) in [6.45, 7) is 3.13. The van der Waals surface area contributed by atoms with Crippen LogP contribution in [0, 0.1) is 10.1 Å². The van der Waals surface area contributed by atoms with Crippen LogP contribution in [0.5, 0.6) is 5.88 Å². The fourth-order valence-electron chi connectivity index (χ4n) is 1.53. The second kappa shape index (κ2) is 4.52. The highest BCUT2D eigenvalue weighted by molar-refractivity contribution is 5.77. The van der Waals surface area contributed by atoms with Crippen molar-refractivity contribution in [1.82, 2.24) is 9.78 Å². The van der Waals surface area contributed by atoms with Gasteiger partial charge in [-0.25, -0.2) is 9.48 Å². The normalized spacial score (nSPS) is 15.1. The highest BCUT2D eigenvalue weighted by Crippen LogP contribution is 2.33. The largest absolute Gasteiger partial charge is 0.468 e. The summed E-state index contributed by atoms with van der Waals surface area (Å²) in [5.74, 6) is -0.590. The van der Waals surface area contributed by atoms with Crippen LogP contribution < -0.4 is 4.74 Å². The maximum Gasteiger partial charge on any atom is 0.350 e. The van der Waals surface area contributed by atoms with Crippen molar-refractivity contribution in [3.8, 4) is 5.88 Å². The Labute approximate surface area is 109 Å². The molecule has 104 valence electrons. The van der Waals surface area contributed by atoms with Gasteiger partial charge in [-0.2, -0.15) is 0 Å². The molecule has 0 aliphatic heterocycles. The lowest BCUT2D eigenvalue weighted by atomic mass is 10.1. The van der Waals surface area contributed by atoms with E-state index in [1.807, 2.05) is 0 Å². The predicted octanol–water partition coefficient (Wildman–Crippen LogP) is 1.24. The van der Waals surface area contributed by atoms with E-state index >= 15 is 0 Å². The van der Waals surface area contributed by atoms with Crippen molar-refractivity contribution >= 4 is 11.7 Å². The lowest BCUT2D eigenvalue weighted by molar-refractivity contribution is -0.386. The maximum atomic E-state index is 11.7. The third kappa shape index (κ3) is 2.51. The molecule has 2 rings (SSSR count). The maximum absolute atomic E-state index is 11.7. The third-order valence-electron chi connectivity index (χ3n) is 2.92. The minimum absolute atomic E-state index is 0.0108. The second-order valence-corrected chi connectivity index (χ2v) is 4.89. The summed E-state index contributed by atoms with van der Waals surface area (Å²) in [5.41, 5.74) is -1.38. The molecular formula is C11H15N3O5. The topological polar surface area (TPSA) is 96.5 Å². The molecule has 0 radical (unpaired) electrons. The van der Waals surface area contributed by atoms with Crippen molar-refractivity contribution in [3.63, 3.8) is 0 Å². The Bertz CT molecular complexity index is 518. The summed E-state index contributed by atoms with van der Waals surface area (Å²) >= 11 is 0. The first-order valence-corrected chi connectivity index (χ1v) is 5.86. The molecule has 1 aromatic heterocycles. The van der Waals surface area contributed by atoms with E-state index in [2.05, 4.69) is 9.84 Å². The molecule has 1 aliphatic carbocycles. The monoisotopic (exact) mass is 269 g/mol. The van der Waals surface area contributed by atoms with E-state index in [0.717, 1.165) is 12.8 Å². The van der Waals surface area contributed by atoms with Gasteiger partial charge in [0.1, 0.15) is 12.3 Å². The molecule has 0 aromatic carbocycles. The minimum atomic E-state index is -1.13. The van der Waals surface area contributed by atoms with Gasteiger partial charge in [0.15, 0.2) is 5.54 Å². The van der Waals surface area contributed by atoms with Gasteiger partial charge in [0.25, 0.3) is 0 Å². The van der Waals surface area contributed by atoms with E-state index in [4.69, 9.17) is 4.74 Å². The Morgan fingerprint density at radius 1 is 1.58 bits per heavy atom. The summed E-state index contributed by atoms with van der Waals surface area (Å²) in [7, 11) is 1.25. The smallest absolute Gasteiger partial charge is 0.350 e. The molecule has 0 saturated heterocycles. The molecule has 8 heteroatoms. The van der Waals surface area contributed by atoms with E-state index < -0.39 is 16.4 Å². The number of hydrogen-bond donors (Lipinski definition) is 0. The number of carbonyl (C=O) groups excluding carboxylic acids is 1. The number of carbonyl (C=O) groups is 1. The molecule has 0 atom stereocenters. The Morgan fingerprint density at radius 2 is 2.21 bits per heavy atom. The van der Waals surface area contributed by atoms with Gasteiger partial charge >= 0.3 is 17.5 Å². The zero-order chi connectivity index (χ0) is 14.2. The van der Waals surface area contributed by atoms with Crippen LogP contribution in [0.4, 0.5) is 5.69 Å². The second-order valence-electron chi connectivity index (χ2n) is 4.89. The van der Waals surface area contributed by atoms with Crippen molar-refractivity contribution in [2.24, 2.45) is 0 Å². The van der Waals surface area contributed by atoms with Crippen molar-refractivity contribution < 1.29 is 19.2 Å². The van der Waals surface area contributed by atoms with Crippen LogP contribution in [0.15, 0.2) is 6.20 Å². The third-order valence-corrected chi connectivity index (χ3v) is 2.92. The van der Waals surface area contributed by atoms with E-state index in [-0.39, 0.29) is 17.7 Å². The Morgan fingerprint density at radius 3 is 2.68 bits per heavy atom. The molecule has 19 heavy (non-hydrogen) atoms. The van der Waals surface area contributed by atoms with Gasteiger partial charge in [0.2, 0.25) is 0 Å². The van der Waals surface area contributed by atoms with Crippen LogP contribution in [0.25, 0.3) is 0 Å². The zero-order valence-electron chi connectivity index (χ0n) is 11.0. The number of ether oxygens (including phenoxy) is 2. The number of nitrogens with zero attached hydrogens (tertiary/aromatic N) is 3. The first-order chi connectivity index (χ1) is 8.86. The van der Waals surface area contributed by atoms with Crippen molar-refractivity contribution in [2.75, 3.05) is 7.11 Å². The quantitative estimate of drug-likeness (QED) is 0.453. The molecule has 1 saturated carbocycles. The van der Waals surface area contributed by atoms with Gasteiger partial charge in [-0.3, -0.25) is 10.1 Å². The number of methoxy groups -OCH3 is 1. The fourth-order valence-corrected chi connectivity index (χ4v) is 1.53. The lowest BCUT2D eigenvalue weighted by Gasteiger charge is -2.21. The Kier molecular flexibility index (Phi) is 3.17. The Balaban J connectivity index is 2.35. The highest BCUT2D eigenvalue weighted by Gasteiger charge is 2.37. The van der Waals surface area contributed by atoms with Crippen LogP contribution in [0.2, 0.25) is 0 Å². The summed E-state index contributed by atoms with van der Waals surface area (Å²) in [5, 5.41) is 15.0. The van der Waals surface area contributed by atoms with Gasteiger partial charge in [-0.15, -0.1) is 5.10 Å². The number of hydrogen-bond acceptors (Lipinski definition) is 6. The number of rotatable bonds is 5. The van der Waals surface area contributed by atoms with Crippen molar-refractivity contribution in [1.29, 1.82) is 0 Å². The van der Waals surface area contributed by atoms with Crippen LogP contribution in [-0.2, 0) is 15.1 Å². The molecule has 1 aliphatic rings. The van der Waals surface area contributed by atoms with E-state index in [9.17, 15) is 14.9 Å². The molecule has 0 spiro atoms. The summed E-state index contributed by atoms with van der Waals surface area (Å²) in [6.07, 6.45) is 2.91. The van der Waals surface area contributed by atoms with Gasteiger partial charge < -0.3 is 9.47 Å². The van der Waals surface area contributed by atoms with Crippen molar-refractivity contribution in [2.45, 2.75) is 38.3 Å². The van der Waals surface area contributed by atoms with E-state index in [1.165, 1.54) is 18.0 Å². The first kappa shape index (κ1) is 13.3. The van der Waals surface area contributed by atoms with Gasteiger partial charge in [-0.1, -0.05) is 0 Å². The van der Waals surface area contributed by atoms with Crippen LogP contribution in [-0.4, -0.2) is 33.9 Å². The minimum Gasteiger partial charge on any atom is -0.468 e. The molecule has 0 bridgehead atoms. The van der Waals surface area contributed by atoms with E-state index in [0.29, 0.717) is 0 Å². The van der Waals surface area contributed by atoms with Gasteiger partial charge in [0.05, 0.1) is 12.0 Å². The summed E-state index contributed by atoms with van der Waals surface area (Å²) in [6, 6.07) is 0. The average molecular weight is 269 g/mol. The lowest BCUT2D eigenvalue weighted by Crippen LogP contribution is -2.37.